The number of carbonyl (C=O) groups excluding carboxylic acids is 2. The van der Waals surface area contributed by atoms with Crippen LogP contribution in [0.15, 0.2) is 42.5 Å². The van der Waals surface area contributed by atoms with Crippen LogP contribution in [0.3, 0.4) is 0 Å². The Balaban J connectivity index is 0.000000326. The lowest BCUT2D eigenvalue weighted by molar-refractivity contribution is 0.0523. The van der Waals surface area contributed by atoms with Crippen molar-refractivity contribution >= 4 is 23.6 Å². The van der Waals surface area contributed by atoms with Gasteiger partial charge >= 0.3 is 6.09 Å². The number of amides is 2. The van der Waals surface area contributed by atoms with E-state index >= 15 is 0 Å². The van der Waals surface area contributed by atoms with Gasteiger partial charge in [-0.25, -0.2) is 4.79 Å². The van der Waals surface area contributed by atoms with Gasteiger partial charge in [-0.1, -0.05) is 29.8 Å². The number of hydrogen-bond donors (Lipinski definition) is 4. The Morgan fingerprint density at radius 3 is 2.28 bits per heavy atom. The Morgan fingerprint density at radius 2 is 1.72 bits per heavy atom. The van der Waals surface area contributed by atoms with Crippen LogP contribution in [0, 0.1) is 0 Å². The number of hydrogen-bond acceptors (Lipinski definition) is 5. The SMILES string of the molecule is CC(C)(C)OC(=O)NCc1ccc(Cl)cc1CN.NCc1cccc(C(N)=O)c1. The van der Waals surface area contributed by atoms with Crippen LogP contribution in [0.4, 0.5) is 4.79 Å². The molecule has 0 atom stereocenters. The first-order chi connectivity index (χ1) is 13.6. The van der Waals surface area contributed by atoms with E-state index in [2.05, 4.69) is 5.32 Å². The Kier molecular flexibility index (Phi) is 9.61. The molecule has 2 rings (SSSR count). The Labute approximate surface area is 176 Å². The summed E-state index contributed by atoms with van der Waals surface area (Å²) in [6.07, 6.45) is -0.444. The normalized spacial score (nSPS) is 10.6. The maximum atomic E-state index is 11.5. The van der Waals surface area contributed by atoms with Gasteiger partial charge in [0.25, 0.3) is 0 Å². The van der Waals surface area contributed by atoms with Crippen LogP contribution in [0.2, 0.25) is 5.02 Å². The molecule has 0 unspecified atom stereocenters. The maximum Gasteiger partial charge on any atom is 0.407 e. The standard InChI is InChI=1S/C13H19ClN2O2.C8H10N2O/c1-13(2,3)18-12(17)16-8-9-4-5-11(14)6-10(9)7-15;9-5-6-2-1-3-7(4-6)8(10)11/h4-6H,7-8,15H2,1-3H3,(H,16,17);1-4H,5,9H2,(H2,10,11). The predicted molar refractivity (Wildman–Crippen MR) is 115 cm³/mol. The molecule has 8 heteroatoms. The Morgan fingerprint density at radius 1 is 1.03 bits per heavy atom. The van der Waals surface area contributed by atoms with E-state index in [1.807, 2.05) is 32.9 Å². The summed E-state index contributed by atoms with van der Waals surface area (Å²) in [6, 6.07) is 12.4. The topological polar surface area (TPSA) is 133 Å². The smallest absolute Gasteiger partial charge is 0.407 e. The lowest BCUT2D eigenvalue weighted by Gasteiger charge is -2.20. The van der Waals surface area contributed by atoms with E-state index in [9.17, 15) is 9.59 Å². The summed E-state index contributed by atoms with van der Waals surface area (Å²) in [7, 11) is 0. The Hall–Kier alpha value is -2.61. The average molecular weight is 421 g/mol. The number of rotatable bonds is 5. The van der Waals surface area contributed by atoms with Gasteiger partial charge in [0.1, 0.15) is 5.60 Å². The summed E-state index contributed by atoms with van der Waals surface area (Å²) in [5, 5.41) is 3.33. The third-order valence-corrected chi connectivity index (χ3v) is 3.89. The van der Waals surface area contributed by atoms with Crippen LogP contribution in [0.1, 0.15) is 47.8 Å². The van der Waals surface area contributed by atoms with Crippen LogP contribution < -0.4 is 22.5 Å². The van der Waals surface area contributed by atoms with E-state index < -0.39 is 17.6 Å². The van der Waals surface area contributed by atoms with Gasteiger partial charge in [-0.3, -0.25) is 4.79 Å². The zero-order chi connectivity index (χ0) is 22.0. The van der Waals surface area contributed by atoms with Gasteiger partial charge in [0.15, 0.2) is 0 Å². The molecule has 0 heterocycles. The second kappa shape index (κ2) is 11.4. The lowest BCUT2D eigenvalue weighted by Crippen LogP contribution is -2.32. The third kappa shape index (κ3) is 9.43. The fraction of sp³-hybridized carbons (Fsp3) is 0.333. The summed E-state index contributed by atoms with van der Waals surface area (Å²) in [5.74, 6) is -0.416. The molecule has 29 heavy (non-hydrogen) atoms. The van der Waals surface area contributed by atoms with Gasteiger partial charge in [0, 0.05) is 30.2 Å². The van der Waals surface area contributed by atoms with Crippen molar-refractivity contribution in [3.05, 3.63) is 69.7 Å². The van der Waals surface area contributed by atoms with E-state index in [0.717, 1.165) is 16.7 Å². The third-order valence-electron chi connectivity index (χ3n) is 3.66. The van der Waals surface area contributed by atoms with Crippen LogP contribution in [0.5, 0.6) is 0 Å². The van der Waals surface area contributed by atoms with E-state index in [4.69, 9.17) is 33.5 Å². The molecule has 7 nitrogen and oxygen atoms in total. The summed E-state index contributed by atoms with van der Waals surface area (Å²) >= 11 is 5.88. The highest BCUT2D eigenvalue weighted by molar-refractivity contribution is 6.30. The van der Waals surface area contributed by atoms with Gasteiger partial charge < -0.3 is 27.3 Å². The van der Waals surface area contributed by atoms with Crippen molar-refractivity contribution in [3.63, 3.8) is 0 Å². The zero-order valence-corrected chi connectivity index (χ0v) is 17.8. The molecule has 0 saturated heterocycles. The van der Waals surface area contributed by atoms with E-state index in [0.29, 0.717) is 30.2 Å². The van der Waals surface area contributed by atoms with Crippen molar-refractivity contribution in [3.8, 4) is 0 Å². The number of benzene rings is 2. The van der Waals surface area contributed by atoms with Crippen molar-refractivity contribution in [1.82, 2.24) is 5.32 Å². The number of nitrogens with one attached hydrogen (secondary N) is 1. The highest BCUT2D eigenvalue weighted by Gasteiger charge is 2.16. The Bertz CT molecular complexity index is 835. The van der Waals surface area contributed by atoms with Crippen molar-refractivity contribution in [2.45, 2.75) is 46.0 Å². The van der Waals surface area contributed by atoms with Crippen molar-refractivity contribution < 1.29 is 14.3 Å². The minimum absolute atomic E-state index is 0.374. The summed E-state index contributed by atoms with van der Waals surface area (Å²) in [5.41, 5.74) is 18.8. The summed E-state index contributed by atoms with van der Waals surface area (Å²) in [6.45, 7) is 6.65. The molecule has 0 bridgehead atoms. The molecule has 0 aliphatic rings. The lowest BCUT2D eigenvalue weighted by atomic mass is 10.1. The minimum atomic E-state index is -0.499. The molecule has 0 radical (unpaired) electrons. The van der Waals surface area contributed by atoms with Gasteiger partial charge in [0.05, 0.1) is 0 Å². The predicted octanol–water partition coefficient (Wildman–Crippen LogP) is 3.07. The molecule has 0 spiro atoms. The molecule has 0 aliphatic carbocycles. The van der Waals surface area contributed by atoms with Gasteiger partial charge in [-0.2, -0.15) is 0 Å². The maximum absolute atomic E-state index is 11.5. The quantitative estimate of drug-likeness (QED) is 0.589. The second-order valence-corrected chi connectivity index (χ2v) is 7.68. The van der Waals surface area contributed by atoms with E-state index in [1.165, 1.54) is 0 Å². The number of primary amides is 1. The fourth-order valence-electron chi connectivity index (χ4n) is 2.29. The van der Waals surface area contributed by atoms with Gasteiger partial charge in [-0.15, -0.1) is 0 Å². The molecule has 2 aromatic rings. The monoisotopic (exact) mass is 420 g/mol. The zero-order valence-electron chi connectivity index (χ0n) is 17.0. The van der Waals surface area contributed by atoms with E-state index in [1.54, 1.807) is 30.3 Å². The molecule has 0 fully saturated rings. The first-order valence-corrected chi connectivity index (χ1v) is 9.46. The number of carbonyl (C=O) groups is 2. The van der Waals surface area contributed by atoms with Crippen LogP contribution >= 0.6 is 11.6 Å². The average Bonchev–Trinajstić information content (AvgIpc) is 2.66. The van der Waals surface area contributed by atoms with Gasteiger partial charge in [-0.05, 0) is 61.7 Å². The van der Waals surface area contributed by atoms with Crippen molar-refractivity contribution in [1.29, 1.82) is 0 Å². The molecular weight excluding hydrogens is 392 g/mol. The minimum Gasteiger partial charge on any atom is -0.444 e. The highest BCUT2D eigenvalue weighted by atomic mass is 35.5. The molecule has 2 amide bonds. The van der Waals surface area contributed by atoms with Gasteiger partial charge in [0.2, 0.25) is 5.91 Å². The molecule has 0 aliphatic heterocycles. The van der Waals surface area contributed by atoms with Crippen LogP contribution in [-0.4, -0.2) is 17.6 Å². The highest BCUT2D eigenvalue weighted by Crippen LogP contribution is 2.16. The molecule has 0 saturated carbocycles. The van der Waals surface area contributed by atoms with Crippen molar-refractivity contribution in [2.24, 2.45) is 17.2 Å². The number of ether oxygens (including phenoxy) is 1. The van der Waals surface area contributed by atoms with Crippen LogP contribution in [-0.2, 0) is 24.4 Å². The summed E-state index contributed by atoms with van der Waals surface area (Å²) in [4.78, 5) is 22.2. The largest absolute Gasteiger partial charge is 0.444 e. The first kappa shape index (κ1) is 24.4. The molecule has 7 N–H and O–H groups in total. The molecule has 158 valence electrons. The molecule has 0 aromatic heterocycles. The van der Waals surface area contributed by atoms with E-state index in [-0.39, 0.29) is 0 Å². The second-order valence-electron chi connectivity index (χ2n) is 7.24. The number of nitrogens with two attached hydrogens (primary N) is 3. The molecule has 2 aromatic carbocycles. The fourth-order valence-corrected chi connectivity index (χ4v) is 2.48. The number of alkyl carbamates (subject to hydrolysis) is 1. The van der Waals surface area contributed by atoms with Crippen LogP contribution in [0.25, 0.3) is 0 Å². The van der Waals surface area contributed by atoms with Crippen molar-refractivity contribution in [2.75, 3.05) is 0 Å². The summed E-state index contributed by atoms with van der Waals surface area (Å²) < 4.78 is 5.15. The number of halogens is 1. The molecular formula is C21H29ClN4O3. The first-order valence-electron chi connectivity index (χ1n) is 9.08.